The molecule has 0 spiro atoms. The van der Waals surface area contributed by atoms with Crippen LogP contribution in [0.15, 0.2) is 48.5 Å². The van der Waals surface area contributed by atoms with Gasteiger partial charge in [-0.15, -0.1) is 0 Å². The second-order valence-electron chi connectivity index (χ2n) is 7.30. The SMILES string of the molecule is CCC1c2[nH]c3ccccc3c2CCN1C(=O)Nc1ccc(N(C)C)cc1. The molecule has 1 atom stereocenters. The molecule has 4 rings (SSSR count). The van der Waals surface area contributed by atoms with E-state index in [1.54, 1.807) is 0 Å². The quantitative estimate of drug-likeness (QED) is 0.705. The summed E-state index contributed by atoms with van der Waals surface area (Å²) in [6, 6.07) is 16.4. The van der Waals surface area contributed by atoms with Gasteiger partial charge in [0.15, 0.2) is 0 Å². The smallest absolute Gasteiger partial charge is 0.322 e. The van der Waals surface area contributed by atoms with Crippen molar-refractivity contribution in [2.24, 2.45) is 0 Å². The number of para-hydroxylation sites is 1. The van der Waals surface area contributed by atoms with Crippen molar-refractivity contribution in [3.05, 3.63) is 59.8 Å². The zero-order chi connectivity index (χ0) is 19.0. The third-order valence-corrected chi connectivity index (χ3v) is 5.44. The maximum Gasteiger partial charge on any atom is 0.322 e. The summed E-state index contributed by atoms with van der Waals surface area (Å²) < 4.78 is 0. The van der Waals surface area contributed by atoms with E-state index in [1.165, 1.54) is 16.6 Å². The van der Waals surface area contributed by atoms with Crippen LogP contribution in [-0.4, -0.2) is 36.6 Å². The number of hydrogen-bond donors (Lipinski definition) is 2. The minimum absolute atomic E-state index is 0.0382. The minimum atomic E-state index is -0.0382. The number of carbonyl (C=O) groups excluding carboxylic acids is 1. The Hall–Kier alpha value is -2.95. The lowest BCUT2D eigenvalue weighted by Crippen LogP contribution is -2.42. The van der Waals surface area contributed by atoms with Crippen molar-refractivity contribution in [1.82, 2.24) is 9.88 Å². The molecule has 27 heavy (non-hydrogen) atoms. The van der Waals surface area contributed by atoms with Gasteiger partial charge in [0, 0.05) is 48.6 Å². The maximum absolute atomic E-state index is 13.0. The van der Waals surface area contributed by atoms with Gasteiger partial charge in [-0.2, -0.15) is 0 Å². The molecule has 0 fully saturated rings. The number of rotatable bonds is 3. The Balaban J connectivity index is 1.57. The van der Waals surface area contributed by atoms with Gasteiger partial charge in [-0.25, -0.2) is 4.79 Å². The average Bonchev–Trinajstić information content (AvgIpc) is 3.06. The summed E-state index contributed by atoms with van der Waals surface area (Å²) in [5.74, 6) is 0. The molecule has 140 valence electrons. The number of urea groups is 1. The van der Waals surface area contributed by atoms with E-state index in [0.29, 0.717) is 0 Å². The molecule has 0 bridgehead atoms. The molecule has 1 aromatic heterocycles. The average molecular weight is 362 g/mol. The van der Waals surface area contributed by atoms with Crippen LogP contribution in [0, 0.1) is 0 Å². The van der Waals surface area contributed by atoms with E-state index in [-0.39, 0.29) is 12.1 Å². The summed E-state index contributed by atoms with van der Waals surface area (Å²) in [5.41, 5.74) is 5.63. The van der Waals surface area contributed by atoms with Crippen LogP contribution in [0.5, 0.6) is 0 Å². The van der Waals surface area contributed by atoms with Crippen LogP contribution in [0.1, 0.15) is 30.6 Å². The molecule has 3 aromatic rings. The first-order valence-corrected chi connectivity index (χ1v) is 9.53. The van der Waals surface area contributed by atoms with E-state index in [4.69, 9.17) is 0 Å². The topological polar surface area (TPSA) is 51.4 Å². The number of nitrogens with zero attached hydrogens (tertiary/aromatic N) is 2. The lowest BCUT2D eigenvalue weighted by atomic mass is 9.96. The third-order valence-electron chi connectivity index (χ3n) is 5.44. The molecule has 5 heteroatoms. The van der Waals surface area contributed by atoms with Crippen molar-refractivity contribution in [3.8, 4) is 0 Å². The Labute approximate surface area is 160 Å². The van der Waals surface area contributed by atoms with E-state index < -0.39 is 0 Å². The molecular weight excluding hydrogens is 336 g/mol. The monoisotopic (exact) mass is 362 g/mol. The van der Waals surface area contributed by atoms with Gasteiger partial charge in [-0.05, 0) is 48.7 Å². The fourth-order valence-electron chi connectivity index (χ4n) is 4.02. The van der Waals surface area contributed by atoms with Crippen LogP contribution in [0.2, 0.25) is 0 Å². The molecule has 2 aromatic carbocycles. The Kier molecular flexibility index (Phi) is 4.52. The van der Waals surface area contributed by atoms with E-state index in [1.807, 2.05) is 54.2 Å². The molecule has 5 nitrogen and oxygen atoms in total. The summed E-state index contributed by atoms with van der Waals surface area (Å²) in [4.78, 5) is 20.5. The lowest BCUT2D eigenvalue weighted by molar-refractivity contribution is 0.179. The largest absolute Gasteiger partial charge is 0.378 e. The van der Waals surface area contributed by atoms with Crippen molar-refractivity contribution in [3.63, 3.8) is 0 Å². The van der Waals surface area contributed by atoms with Crippen LogP contribution < -0.4 is 10.2 Å². The van der Waals surface area contributed by atoms with Gasteiger partial charge in [0.2, 0.25) is 0 Å². The Bertz CT molecular complexity index is 958. The molecule has 1 unspecified atom stereocenters. The number of amides is 2. The molecule has 0 radical (unpaired) electrons. The zero-order valence-corrected chi connectivity index (χ0v) is 16.1. The first kappa shape index (κ1) is 17.5. The summed E-state index contributed by atoms with van der Waals surface area (Å²) in [6.45, 7) is 2.87. The van der Waals surface area contributed by atoms with Gasteiger partial charge in [0.25, 0.3) is 0 Å². The van der Waals surface area contributed by atoms with Crippen LogP contribution >= 0.6 is 0 Å². The summed E-state index contributed by atoms with van der Waals surface area (Å²) in [7, 11) is 4.01. The maximum atomic E-state index is 13.0. The molecule has 0 saturated carbocycles. The highest BCUT2D eigenvalue weighted by molar-refractivity contribution is 5.91. The number of anilines is 2. The molecule has 1 aliphatic rings. The Morgan fingerprint density at radius 2 is 1.93 bits per heavy atom. The van der Waals surface area contributed by atoms with Gasteiger partial charge in [0.05, 0.1) is 6.04 Å². The summed E-state index contributed by atoms with van der Waals surface area (Å²) in [6.07, 6.45) is 1.76. The molecule has 2 heterocycles. The normalized spacial score (nSPS) is 16.3. The first-order chi connectivity index (χ1) is 13.1. The zero-order valence-electron chi connectivity index (χ0n) is 16.1. The second-order valence-corrected chi connectivity index (χ2v) is 7.30. The number of H-pyrrole nitrogens is 1. The van der Waals surface area contributed by atoms with Crippen LogP contribution in [0.3, 0.4) is 0 Å². The van der Waals surface area contributed by atoms with Crippen molar-refractivity contribution in [1.29, 1.82) is 0 Å². The van der Waals surface area contributed by atoms with Crippen molar-refractivity contribution in [2.75, 3.05) is 30.9 Å². The third kappa shape index (κ3) is 3.14. The van der Waals surface area contributed by atoms with E-state index in [0.717, 1.165) is 36.3 Å². The molecule has 0 aliphatic carbocycles. The molecule has 1 aliphatic heterocycles. The lowest BCUT2D eigenvalue weighted by Gasteiger charge is -2.35. The van der Waals surface area contributed by atoms with Crippen molar-refractivity contribution >= 4 is 28.3 Å². The van der Waals surface area contributed by atoms with Gasteiger partial charge in [-0.3, -0.25) is 0 Å². The summed E-state index contributed by atoms with van der Waals surface area (Å²) in [5, 5.41) is 4.34. The molecular formula is C22H26N4O. The van der Waals surface area contributed by atoms with Crippen LogP contribution in [0.25, 0.3) is 10.9 Å². The number of aromatic amines is 1. The molecule has 0 saturated heterocycles. The van der Waals surface area contributed by atoms with Gasteiger partial charge < -0.3 is 20.1 Å². The number of hydrogen-bond acceptors (Lipinski definition) is 2. The number of fused-ring (bicyclic) bond motifs is 3. The Morgan fingerprint density at radius 3 is 2.63 bits per heavy atom. The Morgan fingerprint density at radius 1 is 1.19 bits per heavy atom. The highest BCUT2D eigenvalue weighted by atomic mass is 16.2. The first-order valence-electron chi connectivity index (χ1n) is 9.53. The predicted octanol–water partition coefficient (Wildman–Crippen LogP) is 4.78. The minimum Gasteiger partial charge on any atom is -0.378 e. The predicted molar refractivity (Wildman–Crippen MR) is 112 cm³/mol. The number of nitrogens with one attached hydrogen (secondary N) is 2. The van der Waals surface area contributed by atoms with Gasteiger partial charge in [0.1, 0.15) is 0 Å². The summed E-state index contributed by atoms with van der Waals surface area (Å²) >= 11 is 0. The molecule has 2 N–H and O–H groups in total. The van der Waals surface area contributed by atoms with E-state index >= 15 is 0 Å². The van der Waals surface area contributed by atoms with Gasteiger partial charge in [-0.1, -0.05) is 25.1 Å². The standard InChI is InChI=1S/C22H26N4O/c1-4-20-21-18(17-7-5-6-8-19(17)24-21)13-14-26(20)22(27)23-15-9-11-16(12-10-15)25(2)3/h5-12,20,24H,4,13-14H2,1-3H3,(H,23,27). The number of aromatic nitrogens is 1. The highest BCUT2D eigenvalue weighted by Crippen LogP contribution is 2.36. The van der Waals surface area contributed by atoms with Crippen molar-refractivity contribution in [2.45, 2.75) is 25.8 Å². The van der Waals surface area contributed by atoms with Gasteiger partial charge >= 0.3 is 6.03 Å². The van der Waals surface area contributed by atoms with E-state index in [9.17, 15) is 4.79 Å². The van der Waals surface area contributed by atoms with Crippen LogP contribution in [0.4, 0.5) is 16.2 Å². The van der Waals surface area contributed by atoms with Crippen LogP contribution in [-0.2, 0) is 6.42 Å². The number of benzene rings is 2. The fraction of sp³-hybridized carbons (Fsp3) is 0.318. The highest BCUT2D eigenvalue weighted by Gasteiger charge is 2.32. The van der Waals surface area contributed by atoms with E-state index in [2.05, 4.69) is 35.4 Å². The van der Waals surface area contributed by atoms with Crippen molar-refractivity contribution < 1.29 is 4.79 Å². The number of carbonyl (C=O) groups is 1. The second kappa shape index (κ2) is 6.99. The molecule has 2 amide bonds. The fourth-order valence-corrected chi connectivity index (χ4v) is 4.02.